The summed E-state index contributed by atoms with van der Waals surface area (Å²) < 4.78 is 2.38. The molecule has 0 radical (unpaired) electrons. The first-order valence-corrected chi connectivity index (χ1v) is 7.33. The highest BCUT2D eigenvalue weighted by atomic mass is 35.5. The van der Waals surface area contributed by atoms with Crippen LogP contribution in [-0.4, -0.2) is 4.57 Å². The third-order valence-electron chi connectivity index (χ3n) is 3.79. The van der Waals surface area contributed by atoms with E-state index < -0.39 is 0 Å². The van der Waals surface area contributed by atoms with Gasteiger partial charge < -0.3 is 4.57 Å². The number of nitrogens with zero attached hydrogens (tertiary/aromatic N) is 1. The van der Waals surface area contributed by atoms with Gasteiger partial charge in [-0.05, 0) is 44.5 Å². The molecule has 102 valence electrons. The van der Waals surface area contributed by atoms with Crippen LogP contribution in [0.4, 0.5) is 0 Å². The maximum atomic E-state index is 6.21. The van der Waals surface area contributed by atoms with Crippen LogP contribution < -0.4 is 0 Å². The number of hydrogen-bond acceptors (Lipinski definition) is 0. The molecular weight excluding hydrogens is 266 g/mol. The fourth-order valence-electron chi connectivity index (χ4n) is 3.05. The van der Waals surface area contributed by atoms with E-state index in [9.17, 15) is 0 Å². The number of benzene rings is 2. The zero-order valence-corrected chi connectivity index (χ0v) is 12.8. The van der Waals surface area contributed by atoms with Crippen molar-refractivity contribution in [1.82, 2.24) is 4.57 Å². The van der Waals surface area contributed by atoms with Gasteiger partial charge in [-0.2, -0.15) is 0 Å². The Balaban J connectivity index is 2.42. The molecule has 1 aromatic heterocycles. The molecule has 1 heterocycles. The van der Waals surface area contributed by atoms with Gasteiger partial charge in [0.05, 0.1) is 0 Å². The third-order valence-corrected chi connectivity index (χ3v) is 4.02. The van der Waals surface area contributed by atoms with Crippen LogP contribution in [0.25, 0.3) is 22.0 Å². The summed E-state index contributed by atoms with van der Waals surface area (Å²) in [6.45, 7) is 6.63. The summed E-state index contributed by atoms with van der Waals surface area (Å²) >= 11 is 6.21. The Morgan fingerprint density at radius 2 is 1.70 bits per heavy atom. The minimum absolute atomic E-state index is 0.427. The maximum Gasteiger partial charge on any atom is 0.0492 e. The summed E-state index contributed by atoms with van der Waals surface area (Å²) in [5.41, 5.74) is 5.08. The highest BCUT2D eigenvalue weighted by Gasteiger charge is 2.17. The van der Waals surface area contributed by atoms with E-state index in [1.165, 1.54) is 27.7 Å². The first kappa shape index (κ1) is 13.3. The molecule has 2 aromatic carbocycles. The molecule has 0 N–H and O–H groups in total. The van der Waals surface area contributed by atoms with Gasteiger partial charge in [-0.1, -0.05) is 41.9 Å². The Morgan fingerprint density at radius 1 is 1.00 bits per heavy atom. The zero-order valence-electron chi connectivity index (χ0n) is 12.0. The van der Waals surface area contributed by atoms with E-state index in [-0.39, 0.29) is 0 Å². The fourth-order valence-corrected chi connectivity index (χ4v) is 3.22. The maximum absolute atomic E-state index is 6.21. The average Bonchev–Trinajstić information content (AvgIpc) is 2.71. The standard InChI is InChI=1S/C18H18ClN/c1-12(2)20-13(3)18(14-7-5-4-6-8-14)16-11-15(19)9-10-17(16)20/h4-12H,1-3H3. The van der Waals surface area contributed by atoms with Gasteiger partial charge >= 0.3 is 0 Å². The quantitative estimate of drug-likeness (QED) is 0.556. The molecule has 0 aliphatic carbocycles. The Hall–Kier alpha value is -1.73. The van der Waals surface area contributed by atoms with E-state index >= 15 is 0 Å². The monoisotopic (exact) mass is 283 g/mol. The third kappa shape index (κ3) is 2.03. The second kappa shape index (κ2) is 4.99. The molecule has 0 aliphatic rings. The lowest BCUT2D eigenvalue weighted by molar-refractivity contribution is 0.608. The molecule has 0 atom stereocenters. The highest BCUT2D eigenvalue weighted by molar-refractivity contribution is 6.31. The molecule has 0 saturated carbocycles. The molecule has 0 spiro atoms. The van der Waals surface area contributed by atoms with Crippen molar-refractivity contribution in [3.63, 3.8) is 0 Å². The van der Waals surface area contributed by atoms with Crippen molar-refractivity contribution < 1.29 is 0 Å². The topological polar surface area (TPSA) is 4.93 Å². The number of rotatable bonds is 2. The zero-order chi connectivity index (χ0) is 14.3. The van der Waals surface area contributed by atoms with Gasteiger partial charge in [-0.3, -0.25) is 0 Å². The van der Waals surface area contributed by atoms with Crippen LogP contribution in [0.2, 0.25) is 5.02 Å². The summed E-state index contributed by atoms with van der Waals surface area (Å²) in [4.78, 5) is 0. The van der Waals surface area contributed by atoms with E-state index in [4.69, 9.17) is 11.6 Å². The van der Waals surface area contributed by atoms with Crippen molar-refractivity contribution in [3.05, 3.63) is 59.2 Å². The van der Waals surface area contributed by atoms with Crippen LogP contribution in [0, 0.1) is 6.92 Å². The normalized spacial score (nSPS) is 11.4. The molecule has 20 heavy (non-hydrogen) atoms. The van der Waals surface area contributed by atoms with Crippen LogP contribution in [-0.2, 0) is 0 Å². The molecule has 0 saturated heterocycles. The van der Waals surface area contributed by atoms with E-state index in [1.54, 1.807) is 0 Å². The summed E-state index contributed by atoms with van der Waals surface area (Å²) in [6.07, 6.45) is 0. The van der Waals surface area contributed by atoms with Crippen molar-refractivity contribution >= 4 is 22.5 Å². The summed E-state index contributed by atoms with van der Waals surface area (Å²) in [7, 11) is 0. The Labute approximate surface area is 124 Å². The lowest BCUT2D eigenvalue weighted by Gasteiger charge is -2.12. The molecule has 3 rings (SSSR count). The number of hydrogen-bond donors (Lipinski definition) is 0. The van der Waals surface area contributed by atoms with Gasteiger partial charge in [0, 0.05) is 33.2 Å². The number of halogens is 1. The predicted molar refractivity (Wildman–Crippen MR) is 87.5 cm³/mol. The molecule has 2 heteroatoms. The molecular formula is C18H18ClN. The SMILES string of the molecule is Cc1c(-c2ccccc2)c2cc(Cl)ccc2n1C(C)C. The molecule has 3 aromatic rings. The Kier molecular flexibility index (Phi) is 3.31. The van der Waals surface area contributed by atoms with Crippen LogP contribution in [0.5, 0.6) is 0 Å². The first-order chi connectivity index (χ1) is 9.59. The van der Waals surface area contributed by atoms with Crippen LogP contribution in [0.1, 0.15) is 25.6 Å². The molecule has 0 amide bonds. The van der Waals surface area contributed by atoms with E-state index in [2.05, 4.69) is 61.7 Å². The van der Waals surface area contributed by atoms with Gasteiger partial charge in [0.15, 0.2) is 0 Å². The molecule has 0 aliphatic heterocycles. The second-order valence-corrected chi connectivity index (χ2v) is 5.89. The summed E-state index contributed by atoms with van der Waals surface area (Å²) in [5, 5.41) is 2.02. The fraction of sp³-hybridized carbons (Fsp3) is 0.222. The largest absolute Gasteiger partial charge is 0.342 e. The van der Waals surface area contributed by atoms with E-state index in [1.807, 2.05) is 12.1 Å². The van der Waals surface area contributed by atoms with Gasteiger partial charge in [-0.25, -0.2) is 0 Å². The molecule has 1 nitrogen and oxygen atoms in total. The van der Waals surface area contributed by atoms with Gasteiger partial charge in [0.1, 0.15) is 0 Å². The highest BCUT2D eigenvalue weighted by Crippen LogP contribution is 2.37. The van der Waals surface area contributed by atoms with Crippen LogP contribution >= 0.6 is 11.6 Å². The van der Waals surface area contributed by atoms with E-state index in [0.29, 0.717) is 6.04 Å². The minimum Gasteiger partial charge on any atom is -0.342 e. The Bertz CT molecular complexity index is 754. The predicted octanol–water partition coefficient (Wildman–Crippen LogP) is 5.85. The number of fused-ring (bicyclic) bond motifs is 1. The van der Waals surface area contributed by atoms with Crippen molar-refractivity contribution in [1.29, 1.82) is 0 Å². The lowest BCUT2D eigenvalue weighted by atomic mass is 10.0. The van der Waals surface area contributed by atoms with Crippen LogP contribution in [0.15, 0.2) is 48.5 Å². The summed E-state index contributed by atoms with van der Waals surface area (Å²) in [6, 6.07) is 17.1. The molecule has 0 fully saturated rings. The molecule has 0 bridgehead atoms. The lowest BCUT2D eigenvalue weighted by Crippen LogP contribution is -2.02. The Morgan fingerprint density at radius 3 is 2.35 bits per heavy atom. The van der Waals surface area contributed by atoms with Gasteiger partial charge in [0.25, 0.3) is 0 Å². The second-order valence-electron chi connectivity index (χ2n) is 5.45. The molecule has 0 unspecified atom stereocenters. The van der Waals surface area contributed by atoms with Crippen molar-refractivity contribution in [2.45, 2.75) is 26.8 Å². The average molecular weight is 284 g/mol. The first-order valence-electron chi connectivity index (χ1n) is 6.95. The van der Waals surface area contributed by atoms with Gasteiger partial charge in [0.2, 0.25) is 0 Å². The van der Waals surface area contributed by atoms with Crippen molar-refractivity contribution in [3.8, 4) is 11.1 Å². The van der Waals surface area contributed by atoms with Gasteiger partial charge in [-0.15, -0.1) is 0 Å². The van der Waals surface area contributed by atoms with Crippen LogP contribution in [0.3, 0.4) is 0 Å². The minimum atomic E-state index is 0.427. The smallest absolute Gasteiger partial charge is 0.0492 e. The number of aromatic nitrogens is 1. The van der Waals surface area contributed by atoms with Crippen molar-refractivity contribution in [2.24, 2.45) is 0 Å². The van der Waals surface area contributed by atoms with E-state index in [0.717, 1.165) is 5.02 Å². The summed E-state index contributed by atoms with van der Waals surface area (Å²) in [5.74, 6) is 0. The van der Waals surface area contributed by atoms with Crippen molar-refractivity contribution in [2.75, 3.05) is 0 Å².